The molecule has 0 amide bonds. The quantitative estimate of drug-likeness (QED) is 0.458. The fourth-order valence-corrected chi connectivity index (χ4v) is 1.62. The fraction of sp³-hybridized carbons (Fsp3) is 0.467. The molecule has 0 unspecified atom stereocenters. The molecule has 20 heavy (non-hydrogen) atoms. The Labute approximate surface area is 124 Å². The summed E-state index contributed by atoms with van der Waals surface area (Å²) in [5.41, 5.74) is -0.0798. The van der Waals surface area contributed by atoms with Crippen LogP contribution in [0.4, 0.5) is 0 Å². The van der Waals surface area contributed by atoms with Gasteiger partial charge in [0.05, 0.1) is 6.61 Å². The van der Waals surface area contributed by atoms with Crippen LogP contribution in [0, 0.1) is 0 Å². The summed E-state index contributed by atoms with van der Waals surface area (Å²) >= 11 is 5.38. The van der Waals surface area contributed by atoms with E-state index in [2.05, 4.69) is 0 Å². The summed E-state index contributed by atoms with van der Waals surface area (Å²) < 4.78 is 10.6. The lowest BCUT2D eigenvalue weighted by molar-refractivity contribution is -0.155. The van der Waals surface area contributed by atoms with Crippen LogP contribution in [0.1, 0.15) is 44.0 Å². The van der Waals surface area contributed by atoms with E-state index in [0.717, 1.165) is 0 Å². The van der Waals surface area contributed by atoms with Gasteiger partial charge in [-0.25, -0.2) is 0 Å². The average Bonchev–Trinajstić information content (AvgIpc) is 2.33. The van der Waals surface area contributed by atoms with Gasteiger partial charge in [-0.3, -0.25) is 9.59 Å². The van der Waals surface area contributed by atoms with Gasteiger partial charge in [-0.1, -0.05) is 6.07 Å². The van der Waals surface area contributed by atoms with Crippen LogP contribution in [0.2, 0.25) is 0 Å². The molecule has 0 aliphatic heterocycles. The highest BCUT2D eigenvalue weighted by Gasteiger charge is 2.15. The van der Waals surface area contributed by atoms with E-state index in [1.54, 1.807) is 24.3 Å². The zero-order valence-electron chi connectivity index (χ0n) is 11.9. The monoisotopic (exact) mass is 298 g/mol. The Morgan fingerprint density at radius 2 is 1.95 bits per heavy atom. The second-order valence-electron chi connectivity index (χ2n) is 5.34. The van der Waals surface area contributed by atoms with E-state index in [1.807, 2.05) is 20.8 Å². The lowest BCUT2D eigenvalue weighted by atomic mass is 10.2. The summed E-state index contributed by atoms with van der Waals surface area (Å²) in [6, 6.07) is 6.61. The lowest BCUT2D eigenvalue weighted by Crippen LogP contribution is -2.23. The number of carbonyl (C=O) groups excluding carboxylic acids is 2. The first-order chi connectivity index (χ1) is 9.28. The molecule has 4 nitrogen and oxygen atoms in total. The zero-order valence-corrected chi connectivity index (χ0v) is 12.7. The Bertz CT molecular complexity index is 477. The van der Waals surface area contributed by atoms with Gasteiger partial charge in [0.15, 0.2) is 0 Å². The minimum Gasteiger partial charge on any atom is -0.494 e. The molecule has 0 bridgehead atoms. The molecule has 0 aromatic heterocycles. The van der Waals surface area contributed by atoms with Crippen molar-refractivity contribution in [3.8, 4) is 5.75 Å². The van der Waals surface area contributed by atoms with Crippen LogP contribution in [0.5, 0.6) is 5.75 Å². The zero-order chi connectivity index (χ0) is 15.2. The van der Waals surface area contributed by atoms with Crippen LogP contribution in [-0.2, 0) is 9.53 Å². The van der Waals surface area contributed by atoms with Crippen molar-refractivity contribution in [2.45, 2.75) is 39.2 Å². The first-order valence-electron chi connectivity index (χ1n) is 6.42. The van der Waals surface area contributed by atoms with E-state index < -0.39 is 10.8 Å². The number of carbonyl (C=O) groups is 2. The van der Waals surface area contributed by atoms with Gasteiger partial charge in [-0.2, -0.15) is 0 Å². The Morgan fingerprint density at radius 3 is 2.55 bits per heavy atom. The van der Waals surface area contributed by atoms with Crippen LogP contribution in [-0.4, -0.2) is 23.4 Å². The average molecular weight is 299 g/mol. The van der Waals surface area contributed by atoms with Crippen LogP contribution in [0.3, 0.4) is 0 Å². The Hall–Kier alpha value is -1.55. The highest BCUT2D eigenvalue weighted by molar-refractivity contribution is 6.67. The molecule has 0 fully saturated rings. The molecule has 0 atom stereocenters. The summed E-state index contributed by atoms with van der Waals surface area (Å²) in [5.74, 6) is 0.312. The minimum absolute atomic E-state index is 0.245. The van der Waals surface area contributed by atoms with Crippen molar-refractivity contribution in [2.24, 2.45) is 0 Å². The SMILES string of the molecule is CC(C)(C)OC(=O)CCCOc1cccc(C(=O)Cl)c1. The van der Waals surface area contributed by atoms with E-state index in [9.17, 15) is 9.59 Å². The molecule has 1 rings (SSSR count). The third-order valence-electron chi connectivity index (χ3n) is 2.27. The molecule has 0 saturated carbocycles. The number of esters is 1. The summed E-state index contributed by atoms with van der Waals surface area (Å²) in [5, 5.41) is -0.524. The van der Waals surface area contributed by atoms with Gasteiger partial charge in [-0.15, -0.1) is 0 Å². The maximum absolute atomic E-state index is 11.5. The van der Waals surface area contributed by atoms with E-state index in [0.29, 0.717) is 30.8 Å². The number of hydrogen-bond donors (Lipinski definition) is 0. The van der Waals surface area contributed by atoms with Crippen molar-refractivity contribution in [2.75, 3.05) is 6.61 Å². The van der Waals surface area contributed by atoms with E-state index >= 15 is 0 Å². The van der Waals surface area contributed by atoms with Gasteiger partial charge in [0.25, 0.3) is 5.24 Å². The summed E-state index contributed by atoms with van der Waals surface area (Å²) in [6.07, 6.45) is 0.847. The molecule has 0 aliphatic rings. The molecule has 0 radical (unpaired) electrons. The smallest absolute Gasteiger partial charge is 0.306 e. The molecule has 0 saturated heterocycles. The predicted molar refractivity (Wildman–Crippen MR) is 77.2 cm³/mol. The van der Waals surface area contributed by atoms with Gasteiger partial charge < -0.3 is 9.47 Å². The first-order valence-corrected chi connectivity index (χ1v) is 6.80. The van der Waals surface area contributed by atoms with Gasteiger partial charge in [0, 0.05) is 12.0 Å². The Kier molecular flexibility index (Phi) is 6.02. The highest BCUT2D eigenvalue weighted by Crippen LogP contribution is 2.15. The molecular formula is C15H19ClO4. The number of halogens is 1. The molecule has 0 N–H and O–H groups in total. The largest absolute Gasteiger partial charge is 0.494 e. The second kappa shape index (κ2) is 7.29. The van der Waals surface area contributed by atoms with Crippen LogP contribution >= 0.6 is 11.6 Å². The first kappa shape index (κ1) is 16.5. The number of hydrogen-bond acceptors (Lipinski definition) is 4. The van der Waals surface area contributed by atoms with E-state index in [1.165, 1.54) is 0 Å². The maximum atomic E-state index is 11.5. The van der Waals surface area contributed by atoms with Crippen molar-refractivity contribution in [3.05, 3.63) is 29.8 Å². The normalized spacial score (nSPS) is 11.0. The molecular weight excluding hydrogens is 280 g/mol. The van der Waals surface area contributed by atoms with Crippen LogP contribution in [0.15, 0.2) is 24.3 Å². The molecule has 110 valence electrons. The topological polar surface area (TPSA) is 52.6 Å². The Balaban J connectivity index is 2.33. The number of ether oxygens (including phenoxy) is 2. The fourth-order valence-electron chi connectivity index (χ4n) is 1.51. The minimum atomic E-state index is -0.524. The second-order valence-corrected chi connectivity index (χ2v) is 5.68. The third kappa shape index (κ3) is 6.57. The molecule has 5 heteroatoms. The highest BCUT2D eigenvalue weighted by atomic mass is 35.5. The standard InChI is InChI=1S/C15H19ClO4/c1-15(2,3)20-13(17)8-5-9-19-12-7-4-6-11(10-12)14(16)18/h4,6-7,10H,5,8-9H2,1-3H3. The molecule has 0 aliphatic carbocycles. The summed E-state index contributed by atoms with van der Waals surface area (Å²) in [7, 11) is 0. The summed E-state index contributed by atoms with van der Waals surface area (Å²) in [4.78, 5) is 22.5. The summed E-state index contributed by atoms with van der Waals surface area (Å²) in [6.45, 7) is 5.86. The van der Waals surface area contributed by atoms with Gasteiger partial charge in [0.2, 0.25) is 0 Å². The Morgan fingerprint density at radius 1 is 1.25 bits per heavy atom. The molecule has 0 heterocycles. The lowest BCUT2D eigenvalue weighted by Gasteiger charge is -2.19. The van der Waals surface area contributed by atoms with E-state index in [4.69, 9.17) is 21.1 Å². The van der Waals surface area contributed by atoms with E-state index in [-0.39, 0.29) is 5.97 Å². The predicted octanol–water partition coefficient (Wildman–Crippen LogP) is 3.57. The van der Waals surface area contributed by atoms with Crippen LogP contribution in [0.25, 0.3) is 0 Å². The van der Waals surface area contributed by atoms with Crippen molar-refractivity contribution in [3.63, 3.8) is 0 Å². The van der Waals surface area contributed by atoms with Crippen LogP contribution < -0.4 is 4.74 Å². The molecule has 1 aromatic rings. The third-order valence-corrected chi connectivity index (χ3v) is 2.49. The maximum Gasteiger partial charge on any atom is 0.306 e. The van der Waals surface area contributed by atoms with Gasteiger partial charge in [-0.05, 0) is 57.0 Å². The van der Waals surface area contributed by atoms with Gasteiger partial charge >= 0.3 is 5.97 Å². The molecule has 0 spiro atoms. The van der Waals surface area contributed by atoms with Crippen molar-refractivity contribution < 1.29 is 19.1 Å². The van der Waals surface area contributed by atoms with Crippen molar-refractivity contribution in [1.82, 2.24) is 0 Å². The molecule has 1 aromatic carbocycles. The number of rotatable bonds is 6. The number of benzene rings is 1. The van der Waals surface area contributed by atoms with Crippen molar-refractivity contribution in [1.29, 1.82) is 0 Å². The van der Waals surface area contributed by atoms with Crippen molar-refractivity contribution >= 4 is 22.8 Å². The van der Waals surface area contributed by atoms with Gasteiger partial charge in [0.1, 0.15) is 11.4 Å².